The van der Waals surface area contributed by atoms with E-state index in [-0.39, 0.29) is 0 Å². The highest BCUT2D eigenvalue weighted by Crippen LogP contribution is 2.04. The molecular weight excluding hydrogens is 146 g/mol. The highest BCUT2D eigenvalue weighted by atomic mass is 35.5. The van der Waals surface area contributed by atoms with Crippen LogP contribution in [0.25, 0.3) is 0 Å². The first kappa shape index (κ1) is 10.2. The molecule has 0 radical (unpaired) electrons. The Bertz CT molecular complexity index is 62.3. The first-order valence-electron chi connectivity index (χ1n) is 4.11. The average molecular weight is 164 g/mol. The van der Waals surface area contributed by atoms with Crippen LogP contribution in [0.1, 0.15) is 26.7 Å². The molecule has 0 aliphatic rings. The standard InChI is InChI=1S/C8H18ClN/c1-3-8(4-2)7-10-6-5-9/h8,10H,3-7H2,1-2H3. The van der Waals surface area contributed by atoms with E-state index >= 15 is 0 Å². The van der Waals surface area contributed by atoms with E-state index in [4.69, 9.17) is 11.6 Å². The fourth-order valence-electron chi connectivity index (χ4n) is 0.950. The third kappa shape index (κ3) is 5.07. The molecule has 0 heterocycles. The fourth-order valence-corrected chi connectivity index (χ4v) is 1.08. The molecule has 0 aliphatic heterocycles. The van der Waals surface area contributed by atoms with E-state index in [1.165, 1.54) is 12.8 Å². The van der Waals surface area contributed by atoms with Crippen molar-refractivity contribution in [2.24, 2.45) is 5.92 Å². The Balaban J connectivity index is 3.09. The predicted octanol–water partition coefficient (Wildman–Crippen LogP) is 2.25. The van der Waals surface area contributed by atoms with Gasteiger partial charge in [-0.05, 0) is 12.5 Å². The summed E-state index contributed by atoms with van der Waals surface area (Å²) in [5.41, 5.74) is 0. The van der Waals surface area contributed by atoms with Gasteiger partial charge >= 0.3 is 0 Å². The number of alkyl halides is 1. The first-order valence-corrected chi connectivity index (χ1v) is 4.65. The molecule has 1 nitrogen and oxygen atoms in total. The minimum atomic E-state index is 0.722. The lowest BCUT2D eigenvalue weighted by Crippen LogP contribution is -2.23. The molecule has 0 aliphatic carbocycles. The minimum Gasteiger partial charge on any atom is -0.315 e. The lowest BCUT2D eigenvalue weighted by molar-refractivity contribution is 0.457. The summed E-state index contributed by atoms with van der Waals surface area (Å²) in [5, 5.41) is 3.31. The molecule has 0 aromatic heterocycles. The normalized spacial score (nSPS) is 10.8. The van der Waals surface area contributed by atoms with Gasteiger partial charge in [0.2, 0.25) is 0 Å². The van der Waals surface area contributed by atoms with Crippen molar-refractivity contribution < 1.29 is 0 Å². The van der Waals surface area contributed by atoms with Crippen LogP contribution in [0.2, 0.25) is 0 Å². The van der Waals surface area contributed by atoms with Crippen LogP contribution in [0.5, 0.6) is 0 Å². The van der Waals surface area contributed by atoms with Crippen molar-refractivity contribution >= 4 is 11.6 Å². The maximum Gasteiger partial charge on any atom is 0.0348 e. The molecule has 1 N–H and O–H groups in total. The molecule has 0 saturated heterocycles. The molecular formula is C8H18ClN. The molecule has 10 heavy (non-hydrogen) atoms. The van der Waals surface area contributed by atoms with Gasteiger partial charge in [0.1, 0.15) is 0 Å². The van der Waals surface area contributed by atoms with Crippen molar-refractivity contribution in [1.82, 2.24) is 5.32 Å². The van der Waals surface area contributed by atoms with Gasteiger partial charge in [0.05, 0.1) is 0 Å². The zero-order valence-electron chi connectivity index (χ0n) is 6.99. The molecule has 0 aromatic carbocycles. The maximum atomic E-state index is 5.51. The monoisotopic (exact) mass is 163 g/mol. The lowest BCUT2D eigenvalue weighted by atomic mass is 10.0. The maximum absolute atomic E-state index is 5.51. The minimum absolute atomic E-state index is 0.722. The summed E-state index contributed by atoms with van der Waals surface area (Å²) in [6, 6.07) is 0. The second kappa shape index (κ2) is 7.36. The second-order valence-electron chi connectivity index (χ2n) is 2.58. The number of halogens is 1. The lowest BCUT2D eigenvalue weighted by Gasteiger charge is -2.11. The summed E-state index contributed by atoms with van der Waals surface area (Å²) in [6.45, 7) is 6.53. The largest absolute Gasteiger partial charge is 0.315 e. The fraction of sp³-hybridized carbons (Fsp3) is 1.00. The molecule has 0 atom stereocenters. The summed E-state index contributed by atoms with van der Waals surface area (Å²) in [4.78, 5) is 0. The highest BCUT2D eigenvalue weighted by Gasteiger charge is 2.00. The number of nitrogens with one attached hydrogen (secondary N) is 1. The van der Waals surface area contributed by atoms with Gasteiger partial charge in [0.25, 0.3) is 0 Å². The Morgan fingerprint density at radius 1 is 1.30 bits per heavy atom. The smallest absolute Gasteiger partial charge is 0.0348 e. The van der Waals surface area contributed by atoms with Gasteiger partial charge < -0.3 is 5.32 Å². The van der Waals surface area contributed by atoms with E-state index in [2.05, 4.69) is 19.2 Å². The van der Waals surface area contributed by atoms with E-state index in [0.717, 1.165) is 24.9 Å². The number of hydrogen-bond donors (Lipinski definition) is 1. The Hall–Kier alpha value is 0.250. The molecule has 2 heteroatoms. The van der Waals surface area contributed by atoms with E-state index in [1.807, 2.05) is 0 Å². The van der Waals surface area contributed by atoms with Crippen molar-refractivity contribution in [1.29, 1.82) is 0 Å². The predicted molar refractivity (Wildman–Crippen MR) is 47.7 cm³/mol. The molecule has 0 fully saturated rings. The number of hydrogen-bond acceptors (Lipinski definition) is 1. The van der Waals surface area contributed by atoms with Crippen LogP contribution in [0.3, 0.4) is 0 Å². The molecule has 0 rings (SSSR count). The van der Waals surface area contributed by atoms with Gasteiger partial charge in [-0.2, -0.15) is 0 Å². The van der Waals surface area contributed by atoms with E-state index in [9.17, 15) is 0 Å². The molecule has 0 bridgehead atoms. The van der Waals surface area contributed by atoms with Crippen LogP contribution in [-0.4, -0.2) is 19.0 Å². The van der Waals surface area contributed by atoms with Gasteiger partial charge in [0, 0.05) is 12.4 Å². The van der Waals surface area contributed by atoms with Crippen molar-refractivity contribution in [2.45, 2.75) is 26.7 Å². The van der Waals surface area contributed by atoms with Crippen molar-refractivity contribution in [3.63, 3.8) is 0 Å². The summed E-state index contributed by atoms with van der Waals surface area (Å²) in [5.74, 6) is 1.56. The number of rotatable bonds is 6. The Morgan fingerprint density at radius 2 is 1.90 bits per heavy atom. The van der Waals surface area contributed by atoms with Gasteiger partial charge in [-0.1, -0.05) is 26.7 Å². The SMILES string of the molecule is CCC(CC)CNCCCl. The third-order valence-electron chi connectivity index (χ3n) is 1.86. The van der Waals surface area contributed by atoms with Crippen molar-refractivity contribution in [2.75, 3.05) is 19.0 Å². The van der Waals surface area contributed by atoms with Gasteiger partial charge in [-0.25, -0.2) is 0 Å². The van der Waals surface area contributed by atoms with Gasteiger partial charge in [-0.3, -0.25) is 0 Å². The van der Waals surface area contributed by atoms with E-state index in [1.54, 1.807) is 0 Å². The van der Waals surface area contributed by atoms with Crippen molar-refractivity contribution in [3.8, 4) is 0 Å². The summed E-state index contributed by atoms with van der Waals surface area (Å²) >= 11 is 5.51. The van der Waals surface area contributed by atoms with E-state index in [0.29, 0.717) is 0 Å². The van der Waals surface area contributed by atoms with Crippen LogP contribution in [-0.2, 0) is 0 Å². The Morgan fingerprint density at radius 3 is 2.30 bits per heavy atom. The molecule has 0 spiro atoms. The zero-order chi connectivity index (χ0) is 7.82. The van der Waals surface area contributed by atoms with Crippen LogP contribution in [0.15, 0.2) is 0 Å². The Kier molecular flexibility index (Phi) is 7.54. The van der Waals surface area contributed by atoms with Crippen LogP contribution >= 0.6 is 11.6 Å². The first-order chi connectivity index (χ1) is 4.85. The van der Waals surface area contributed by atoms with Gasteiger partial charge in [-0.15, -0.1) is 11.6 Å². The van der Waals surface area contributed by atoms with Crippen LogP contribution in [0.4, 0.5) is 0 Å². The topological polar surface area (TPSA) is 12.0 Å². The summed E-state index contributed by atoms with van der Waals surface area (Å²) in [7, 11) is 0. The molecule has 0 unspecified atom stereocenters. The van der Waals surface area contributed by atoms with Crippen LogP contribution < -0.4 is 5.32 Å². The zero-order valence-corrected chi connectivity index (χ0v) is 7.75. The second-order valence-corrected chi connectivity index (χ2v) is 2.95. The summed E-state index contributed by atoms with van der Waals surface area (Å²) in [6.07, 6.45) is 2.54. The van der Waals surface area contributed by atoms with Crippen molar-refractivity contribution in [3.05, 3.63) is 0 Å². The highest BCUT2D eigenvalue weighted by molar-refractivity contribution is 6.18. The summed E-state index contributed by atoms with van der Waals surface area (Å²) < 4.78 is 0. The molecule has 0 amide bonds. The molecule has 0 saturated carbocycles. The average Bonchev–Trinajstić information content (AvgIpc) is 1.99. The third-order valence-corrected chi connectivity index (χ3v) is 2.05. The Labute approximate surface area is 69.1 Å². The van der Waals surface area contributed by atoms with E-state index < -0.39 is 0 Å². The molecule has 62 valence electrons. The molecule has 0 aromatic rings. The quantitative estimate of drug-likeness (QED) is 0.468. The van der Waals surface area contributed by atoms with Gasteiger partial charge in [0.15, 0.2) is 0 Å². The van der Waals surface area contributed by atoms with Crippen LogP contribution in [0, 0.1) is 5.92 Å².